The summed E-state index contributed by atoms with van der Waals surface area (Å²) in [5.74, 6) is 5.59. The molecule has 5 nitrogen and oxygen atoms in total. The minimum absolute atomic E-state index is 0.0514. The molecule has 1 atom stereocenters. The van der Waals surface area contributed by atoms with Gasteiger partial charge in [0.15, 0.2) is 0 Å². The lowest BCUT2D eigenvalue weighted by Crippen LogP contribution is -2.41. The Labute approximate surface area is 123 Å². The molecule has 1 aliphatic heterocycles. The number of hydrogen-bond acceptors (Lipinski definition) is 3. The van der Waals surface area contributed by atoms with E-state index in [2.05, 4.69) is 22.5 Å². The molecule has 2 rings (SSSR count). The zero-order chi connectivity index (χ0) is 15.1. The lowest BCUT2D eigenvalue weighted by molar-refractivity contribution is -0.125. The number of aliphatic hydroxyl groups excluding tert-OH is 1. The Morgan fingerprint density at radius 1 is 1.48 bits per heavy atom. The number of amides is 2. The molecule has 1 fully saturated rings. The predicted octanol–water partition coefficient (Wildman–Crippen LogP) is 0.315. The van der Waals surface area contributed by atoms with Gasteiger partial charge < -0.3 is 15.7 Å². The summed E-state index contributed by atoms with van der Waals surface area (Å²) in [6.45, 7) is 0.455. The molecule has 110 valence electrons. The van der Waals surface area contributed by atoms with Crippen molar-refractivity contribution < 1.29 is 14.7 Å². The van der Waals surface area contributed by atoms with Gasteiger partial charge >= 0.3 is 0 Å². The van der Waals surface area contributed by atoms with Crippen LogP contribution in [-0.2, 0) is 16.1 Å². The van der Waals surface area contributed by atoms with Crippen molar-refractivity contribution in [1.82, 2.24) is 10.6 Å². The van der Waals surface area contributed by atoms with Crippen LogP contribution in [0.25, 0.3) is 0 Å². The molecule has 2 amide bonds. The van der Waals surface area contributed by atoms with E-state index in [-0.39, 0.29) is 18.4 Å². The van der Waals surface area contributed by atoms with Crippen molar-refractivity contribution in [2.45, 2.75) is 31.8 Å². The van der Waals surface area contributed by atoms with Crippen molar-refractivity contribution in [3.05, 3.63) is 35.4 Å². The van der Waals surface area contributed by atoms with Crippen LogP contribution >= 0.6 is 0 Å². The predicted molar refractivity (Wildman–Crippen MR) is 78.0 cm³/mol. The lowest BCUT2D eigenvalue weighted by atomic mass is 10.1. The van der Waals surface area contributed by atoms with Gasteiger partial charge in [0.05, 0.1) is 6.61 Å². The number of hydrogen-bond donors (Lipinski definition) is 3. The van der Waals surface area contributed by atoms with Crippen molar-refractivity contribution in [2.24, 2.45) is 0 Å². The molecule has 21 heavy (non-hydrogen) atoms. The molecular weight excluding hydrogens is 268 g/mol. The van der Waals surface area contributed by atoms with E-state index in [9.17, 15) is 9.59 Å². The van der Waals surface area contributed by atoms with Crippen molar-refractivity contribution >= 4 is 11.8 Å². The molecule has 5 heteroatoms. The largest absolute Gasteiger partial charge is 0.395 e. The van der Waals surface area contributed by atoms with E-state index < -0.39 is 6.04 Å². The zero-order valence-corrected chi connectivity index (χ0v) is 11.7. The highest BCUT2D eigenvalue weighted by Crippen LogP contribution is 2.08. The third-order valence-electron chi connectivity index (χ3n) is 3.18. The third kappa shape index (κ3) is 4.62. The molecule has 1 aliphatic rings. The Hall–Kier alpha value is -2.32. The van der Waals surface area contributed by atoms with Crippen LogP contribution in [0.2, 0.25) is 0 Å². The van der Waals surface area contributed by atoms with Gasteiger partial charge in [-0.2, -0.15) is 0 Å². The highest BCUT2D eigenvalue weighted by Gasteiger charge is 2.26. The summed E-state index contributed by atoms with van der Waals surface area (Å²) < 4.78 is 0. The molecule has 0 spiro atoms. The first kappa shape index (κ1) is 15.1. The Morgan fingerprint density at radius 2 is 2.33 bits per heavy atom. The number of carbonyl (C=O) groups excluding carboxylic acids is 2. The third-order valence-corrected chi connectivity index (χ3v) is 3.18. The second kappa shape index (κ2) is 7.46. The average Bonchev–Trinajstić information content (AvgIpc) is 2.92. The summed E-state index contributed by atoms with van der Waals surface area (Å²) in [6, 6.07) is 7.15. The number of aliphatic hydroxyl groups is 1. The van der Waals surface area contributed by atoms with Crippen LogP contribution in [0.15, 0.2) is 24.3 Å². The maximum absolute atomic E-state index is 11.9. The zero-order valence-electron chi connectivity index (χ0n) is 11.7. The van der Waals surface area contributed by atoms with Gasteiger partial charge in [0.25, 0.3) is 0 Å². The summed E-state index contributed by atoms with van der Waals surface area (Å²) in [7, 11) is 0. The summed E-state index contributed by atoms with van der Waals surface area (Å²) >= 11 is 0. The summed E-state index contributed by atoms with van der Waals surface area (Å²) in [6.07, 6.45) is 1.41. The van der Waals surface area contributed by atoms with Crippen molar-refractivity contribution in [3.8, 4) is 11.8 Å². The van der Waals surface area contributed by atoms with Gasteiger partial charge in [0, 0.05) is 24.9 Å². The maximum Gasteiger partial charge on any atom is 0.242 e. The van der Waals surface area contributed by atoms with Crippen LogP contribution in [0.4, 0.5) is 0 Å². The minimum Gasteiger partial charge on any atom is -0.395 e. The summed E-state index contributed by atoms with van der Waals surface area (Å²) in [5.41, 5.74) is 1.80. The molecular formula is C16H18N2O3. The van der Waals surface area contributed by atoms with Gasteiger partial charge in [-0.05, 0) is 24.1 Å². The minimum atomic E-state index is -0.412. The Kier molecular flexibility index (Phi) is 5.35. The molecule has 0 aromatic heterocycles. The maximum atomic E-state index is 11.9. The van der Waals surface area contributed by atoms with Crippen LogP contribution in [0.5, 0.6) is 0 Å². The molecule has 1 aromatic carbocycles. The highest BCUT2D eigenvalue weighted by molar-refractivity contribution is 5.90. The Bertz CT molecular complexity index is 587. The topological polar surface area (TPSA) is 78.4 Å². The number of nitrogens with one attached hydrogen (secondary N) is 2. The van der Waals surface area contributed by atoms with E-state index in [1.807, 2.05) is 24.3 Å². The normalized spacial score (nSPS) is 16.8. The fourth-order valence-corrected chi connectivity index (χ4v) is 2.10. The van der Waals surface area contributed by atoms with Crippen LogP contribution in [0.1, 0.15) is 30.4 Å². The molecule has 1 unspecified atom stereocenters. The molecule has 0 aliphatic carbocycles. The molecule has 0 radical (unpaired) electrons. The standard InChI is InChI=1S/C16H18N2O3/c19-9-2-1-4-12-5-3-6-13(10-12)11-17-16(21)14-7-8-15(20)18-14/h3,5-6,10,14,19H,2,7-9,11H2,(H,17,21)(H,18,20). The molecule has 3 N–H and O–H groups in total. The van der Waals surface area contributed by atoms with Gasteiger partial charge in [0.1, 0.15) is 6.04 Å². The number of rotatable bonds is 4. The van der Waals surface area contributed by atoms with Gasteiger partial charge in [-0.15, -0.1) is 0 Å². The molecule has 1 aromatic rings. The van der Waals surface area contributed by atoms with Crippen LogP contribution < -0.4 is 10.6 Å². The number of benzene rings is 1. The fourth-order valence-electron chi connectivity index (χ4n) is 2.10. The molecule has 0 bridgehead atoms. The first-order valence-electron chi connectivity index (χ1n) is 6.95. The van der Waals surface area contributed by atoms with E-state index in [0.717, 1.165) is 11.1 Å². The first-order chi connectivity index (χ1) is 10.2. The van der Waals surface area contributed by atoms with E-state index in [1.54, 1.807) is 0 Å². The summed E-state index contributed by atoms with van der Waals surface area (Å²) in [5, 5.41) is 14.1. The lowest BCUT2D eigenvalue weighted by Gasteiger charge is -2.11. The Morgan fingerprint density at radius 3 is 3.05 bits per heavy atom. The van der Waals surface area contributed by atoms with E-state index in [0.29, 0.717) is 25.8 Å². The quantitative estimate of drug-likeness (QED) is 0.697. The van der Waals surface area contributed by atoms with Gasteiger partial charge in [-0.1, -0.05) is 24.0 Å². The van der Waals surface area contributed by atoms with E-state index >= 15 is 0 Å². The van der Waals surface area contributed by atoms with Crippen LogP contribution in [0.3, 0.4) is 0 Å². The molecule has 1 heterocycles. The molecule has 1 saturated heterocycles. The van der Waals surface area contributed by atoms with Crippen LogP contribution in [0, 0.1) is 11.8 Å². The van der Waals surface area contributed by atoms with Gasteiger partial charge in [-0.25, -0.2) is 0 Å². The summed E-state index contributed by atoms with van der Waals surface area (Å²) in [4.78, 5) is 23.0. The van der Waals surface area contributed by atoms with Crippen LogP contribution in [-0.4, -0.2) is 29.6 Å². The fraction of sp³-hybridized carbons (Fsp3) is 0.375. The van der Waals surface area contributed by atoms with E-state index in [4.69, 9.17) is 5.11 Å². The van der Waals surface area contributed by atoms with Gasteiger partial charge in [0.2, 0.25) is 11.8 Å². The van der Waals surface area contributed by atoms with Crippen molar-refractivity contribution in [1.29, 1.82) is 0 Å². The van der Waals surface area contributed by atoms with E-state index in [1.165, 1.54) is 0 Å². The Balaban J connectivity index is 1.88. The van der Waals surface area contributed by atoms with Crippen molar-refractivity contribution in [3.63, 3.8) is 0 Å². The highest BCUT2D eigenvalue weighted by atomic mass is 16.2. The monoisotopic (exact) mass is 286 g/mol. The average molecular weight is 286 g/mol. The molecule has 0 saturated carbocycles. The second-order valence-corrected chi connectivity index (χ2v) is 4.85. The number of carbonyl (C=O) groups is 2. The SMILES string of the molecule is O=C1CCC(C(=O)NCc2cccc(C#CCCO)c2)N1. The van der Waals surface area contributed by atoms with Crippen molar-refractivity contribution in [2.75, 3.05) is 6.61 Å². The van der Waals surface area contributed by atoms with Gasteiger partial charge in [-0.3, -0.25) is 9.59 Å². The first-order valence-corrected chi connectivity index (χ1v) is 6.95. The second-order valence-electron chi connectivity index (χ2n) is 4.85. The smallest absolute Gasteiger partial charge is 0.242 e.